The summed E-state index contributed by atoms with van der Waals surface area (Å²) in [5.74, 6) is -0.292. The zero-order valence-electron chi connectivity index (χ0n) is 12.0. The smallest absolute Gasteiger partial charge is 0.276 e. The van der Waals surface area contributed by atoms with Crippen molar-refractivity contribution in [3.63, 3.8) is 0 Å². The van der Waals surface area contributed by atoms with Crippen molar-refractivity contribution in [2.24, 2.45) is 11.0 Å². The van der Waals surface area contributed by atoms with E-state index in [4.69, 9.17) is 0 Å². The summed E-state index contributed by atoms with van der Waals surface area (Å²) in [4.78, 5) is 2.42. The maximum Gasteiger partial charge on any atom is 0.276 e. The van der Waals surface area contributed by atoms with Crippen LogP contribution in [-0.2, 0) is 10.0 Å². The van der Waals surface area contributed by atoms with Gasteiger partial charge in [0.15, 0.2) is 0 Å². The Kier molecular flexibility index (Phi) is 4.80. The predicted octanol–water partition coefficient (Wildman–Crippen LogP) is 1.98. The van der Waals surface area contributed by atoms with Gasteiger partial charge in [-0.3, -0.25) is 0 Å². The fourth-order valence-corrected chi connectivity index (χ4v) is 3.21. The third-order valence-electron chi connectivity index (χ3n) is 3.63. The van der Waals surface area contributed by atoms with E-state index in [0.29, 0.717) is 18.6 Å². The van der Waals surface area contributed by atoms with Crippen molar-refractivity contribution >= 4 is 15.7 Å². The molecule has 1 fully saturated rings. The van der Waals surface area contributed by atoms with Crippen molar-refractivity contribution in [3.05, 3.63) is 42.5 Å². The van der Waals surface area contributed by atoms with E-state index >= 15 is 0 Å². The van der Waals surface area contributed by atoms with E-state index in [1.807, 2.05) is 6.92 Å². The van der Waals surface area contributed by atoms with Crippen LogP contribution in [0.15, 0.2) is 46.9 Å². The Bertz CT molecular complexity index is 635. The first-order valence-corrected chi connectivity index (χ1v) is 8.38. The standard InChI is InChI=1S/C15H20N2O3S/c1-3-13-14(5-4-6-15(13)18)16-17-21(19,20)12-9-7-11(2)8-10-12/h3,7-10,13,15,17-18H,1,4-6H2,2H3/b16-14+/t13-,15+/m1/s1. The van der Waals surface area contributed by atoms with Crippen molar-refractivity contribution < 1.29 is 13.5 Å². The molecule has 0 amide bonds. The Balaban J connectivity index is 2.18. The molecule has 0 aliphatic heterocycles. The monoisotopic (exact) mass is 308 g/mol. The largest absolute Gasteiger partial charge is 0.392 e. The normalized spacial score (nSPS) is 24.8. The third kappa shape index (κ3) is 3.71. The Labute approximate surface area is 125 Å². The van der Waals surface area contributed by atoms with Crippen molar-refractivity contribution in [3.8, 4) is 0 Å². The lowest BCUT2D eigenvalue weighted by Gasteiger charge is -2.26. The first-order chi connectivity index (χ1) is 9.94. The topological polar surface area (TPSA) is 78.8 Å². The zero-order chi connectivity index (χ0) is 15.5. The number of hydrogen-bond acceptors (Lipinski definition) is 4. The van der Waals surface area contributed by atoms with E-state index in [9.17, 15) is 13.5 Å². The van der Waals surface area contributed by atoms with Gasteiger partial charge in [0, 0.05) is 11.6 Å². The molecule has 2 rings (SSSR count). The Hall–Kier alpha value is -1.66. The van der Waals surface area contributed by atoms with Crippen LogP contribution >= 0.6 is 0 Å². The lowest BCUT2D eigenvalue weighted by Crippen LogP contribution is -2.33. The minimum atomic E-state index is -3.68. The second-order valence-electron chi connectivity index (χ2n) is 5.23. The van der Waals surface area contributed by atoms with Crippen LogP contribution in [0.5, 0.6) is 0 Å². The Morgan fingerprint density at radius 1 is 1.38 bits per heavy atom. The van der Waals surface area contributed by atoms with Gasteiger partial charge in [-0.15, -0.1) is 6.58 Å². The molecule has 0 aromatic heterocycles. The Morgan fingerprint density at radius 3 is 2.67 bits per heavy atom. The molecule has 2 N–H and O–H groups in total. The number of benzene rings is 1. The summed E-state index contributed by atoms with van der Waals surface area (Å²) < 4.78 is 24.3. The van der Waals surface area contributed by atoms with E-state index in [1.54, 1.807) is 30.3 Å². The van der Waals surface area contributed by atoms with Crippen LogP contribution in [0, 0.1) is 12.8 Å². The Morgan fingerprint density at radius 2 is 2.05 bits per heavy atom. The summed E-state index contributed by atoms with van der Waals surface area (Å²) in [7, 11) is -3.68. The van der Waals surface area contributed by atoms with Gasteiger partial charge in [0.25, 0.3) is 10.0 Å². The first-order valence-electron chi connectivity index (χ1n) is 6.89. The maximum absolute atomic E-state index is 12.2. The number of sulfonamides is 1. The number of rotatable bonds is 4. The average molecular weight is 308 g/mol. The molecule has 1 saturated carbocycles. The summed E-state index contributed by atoms with van der Waals surface area (Å²) in [6, 6.07) is 6.55. The fourth-order valence-electron chi connectivity index (χ4n) is 2.37. The maximum atomic E-state index is 12.2. The molecule has 114 valence electrons. The summed E-state index contributed by atoms with van der Waals surface area (Å²) in [5.41, 5.74) is 1.61. The van der Waals surface area contributed by atoms with Crippen LogP contribution in [0.3, 0.4) is 0 Å². The van der Waals surface area contributed by atoms with Crippen LogP contribution in [0.1, 0.15) is 24.8 Å². The van der Waals surface area contributed by atoms with Crippen LogP contribution in [0.4, 0.5) is 0 Å². The molecule has 0 unspecified atom stereocenters. The van der Waals surface area contributed by atoms with Crippen molar-refractivity contribution in [2.75, 3.05) is 0 Å². The highest BCUT2D eigenvalue weighted by atomic mass is 32.2. The van der Waals surface area contributed by atoms with E-state index < -0.39 is 16.1 Å². The SMILES string of the molecule is C=C[C@@H]1/C(=N/NS(=O)(=O)c2ccc(C)cc2)CCC[C@@H]1O. The van der Waals surface area contributed by atoms with E-state index in [0.717, 1.165) is 12.0 Å². The molecule has 0 saturated heterocycles. The van der Waals surface area contributed by atoms with Gasteiger partial charge in [0.1, 0.15) is 0 Å². The van der Waals surface area contributed by atoms with Crippen LogP contribution in [0.2, 0.25) is 0 Å². The lowest BCUT2D eigenvalue weighted by molar-refractivity contribution is 0.134. The van der Waals surface area contributed by atoms with Gasteiger partial charge in [0.2, 0.25) is 0 Å². The molecule has 6 heteroatoms. The van der Waals surface area contributed by atoms with Crippen molar-refractivity contribution in [1.82, 2.24) is 4.83 Å². The number of aryl methyl sites for hydroxylation is 1. The molecule has 1 aromatic carbocycles. The number of hydrogen-bond donors (Lipinski definition) is 2. The molecule has 5 nitrogen and oxygen atoms in total. The van der Waals surface area contributed by atoms with Gasteiger partial charge in [0.05, 0.1) is 11.0 Å². The minimum Gasteiger partial charge on any atom is -0.392 e. The predicted molar refractivity (Wildman–Crippen MR) is 82.5 cm³/mol. The lowest BCUT2D eigenvalue weighted by atomic mass is 9.85. The van der Waals surface area contributed by atoms with Crippen molar-refractivity contribution in [2.45, 2.75) is 37.2 Å². The van der Waals surface area contributed by atoms with Gasteiger partial charge in [-0.25, -0.2) is 4.83 Å². The third-order valence-corrected chi connectivity index (χ3v) is 4.85. The van der Waals surface area contributed by atoms with Gasteiger partial charge in [-0.1, -0.05) is 23.8 Å². The highest BCUT2D eigenvalue weighted by Gasteiger charge is 2.26. The molecule has 0 heterocycles. The molecular weight excluding hydrogens is 288 g/mol. The second kappa shape index (κ2) is 6.41. The molecule has 2 atom stereocenters. The molecular formula is C15H20N2O3S. The van der Waals surface area contributed by atoms with E-state index in [-0.39, 0.29) is 10.8 Å². The molecule has 21 heavy (non-hydrogen) atoms. The molecule has 0 spiro atoms. The summed E-state index contributed by atoms with van der Waals surface area (Å²) in [6.45, 7) is 5.57. The fraction of sp³-hybridized carbons (Fsp3) is 0.400. The number of nitrogens with zero attached hydrogens (tertiary/aromatic N) is 1. The van der Waals surface area contributed by atoms with Gasteiger partial charge in [-0.2, -0.15) is 13.5 Å². The summed E-state index contributed by atoms with van der Waals surface area (Å²) in [5, 5.41) is 13.9. The number of nitrogens with one attached hydrogen (secondary N) is 1. The van der Waals surface area contributed by atoms with Crippen molar-refractivity contribution in [1.29, 1.82) is 0 Å². The summed E-state index contributed by atoms with van der Waals surface area (Å²) >= 11 is 0. The minimum absolute atomic E-state index is 0.170. The number of aliphatic hydroxyl groups is 1. The quantitative estimate of drug-likeness (QED) is 0.659. The number of aliphatic hydroxyl groups excluding tert-OH is 1. The number of hydrazone groups is 1. The van der Waals surface area contributed by atoms with Crippen LogP contribution in [-0.4, -0.2) is 25.3 Å². The molecule has 0 bridgehead atoms. The second-order valence-corrected chi connectivity index (χ2v) is 6.89. The molecule has 1 aliphatic rings. The van der Waals surface area contributed by atoms with Gasteiger partial charge < -0.3 is 5.11 Å². The molecule has 1 aliphatic carbocycles. The van der Waals surface area contributed by atoms with Crippen LogP contribution in [0.25, 0.3) is 0 Å². The van der Waals surface area contributed by atoms with Crippen LogP contribution < -0.4 is 4.83 Å². The summed E-state index contributed by atoms with van der Waals surface area (Å²) in [6.07, 6.45) is 3.20. The van der Waals surface area contributed by atoms with E-state index in [2.05, 4.69) is 16.5 Å². The zero-order valence-corrected chi connectivity index (χ0v) is 12.8. The molecule has 1 aromatic rings. The van der Waals surface area contributed by atoms with Gasteiger partial charge >= 0.3 is 0 Å². The highest BCUT2D eigenvalue weighted by molar-refractivity contribution is 7.89. The average Bonchev–Trinajstić information content (AvgIpc) is 2.46. The van der Waals surface area contributed by atoms with Gasteiger partial charge in [-0.05, 0) is 38.3 Å². The highest BCUT2D eigenvalue weighted by Crippen LogP contribution is 2.23. The van der Waals surface area contributed by atoms with E-state index in [1.165, 1.54) is 0 Å². The first kappa shape index (κ1) is 15.7. The molecule has 0 radical (unpaired) electrons.